The molecule has 9 heteroatoms. The lowest BCUT2D eigenvalue weighted by Gasteiger charge is -2.11. The second-order valence-corrected chi connectivity index (χ2v) is 7.20. The Morgan fingerprint density at radius 3 is 2.20 bits per heavy atom. The van der Waals surface area contributed by atoms with Gasteiger partial charge in [-0.3, -0.25) is 4.79 Å². The van der Waals surface area contributed by atoms with Gasteiger partial charge in [0.05, 0.1) is 32.6 Å². The van der Waals surface area contributed by atoms with E-state index in [0.717, 1.165) is 5.56 Å². The first-order chi connectivity index (χ1) is 16.9. The van der Waals surface area contributed by atoms with Crippen LogP contribution in [0.4, 0.5) is 0 Å². The molecule has 0 heterocycles. The maximum absolute atomic E-state index is 12.4. The first-order valence-corrected chi connectivity index (χ1v) is 10.7. The minimum absolute atomic E-state index is 0.212. The van der Waals surface area contributed by atoms with E-state index in [9.17, 15) is 9.59 Å². The number of methoxy groups -OCH3 is 2. The summed E-state index contributed by atoms with van der Waals surface area (Å²) in [5.41, 5.74) is 4.58. The number of carboxylic acid groups (broad SMARTS) is 1. The molecule has 3 rings (SSSR count). The molecule has 0 aliphatic rings. The lowest BCUT2D eigenvalue weighted by atomic mass is 10.1. The standard InChI is InChI=1S/C26H26N2O7/c1-4-34-24-14-20(10-12-21(24)32-2)25(29)28-27-15-18-7-11-22(23(13-18)33-3)35-16-17-5-8-19(9-6-17)26(30)31/h5-15H,4,16H2,1-3H3,(H,28,29)(H,30,31)/b27-15+. The molecular weight excluding hydrogens is 452 g/mol. The molecule has 182 valence electrons. The van der Waals surface area contributed by atoms with Gasteiger partial charge in [-0.15, -0.1) is 0 Å². The summed E-state index contributed by atoms with van der Waals surface area (Å²) in [6.45, 7) is 2.53. The zero-order valence-electron chi connectivity index (χ0n) is 19.6. The molecular formula is C26H26N2O7. The van der Waals surface area contributed by atoms with Gasteiger partial charge in [0.15, 0.2) is 23.0 Å². The van der Waals surface area contributed by atoms with Gasteiger partial charge in [0.25, 0.3) is 5.91 Å². The van der Waals surface area contributed by atoms with E-state index in [1.165, 1.54) is 32.6 Å². The second kappa shape index (κ2) is 12.1. The Morgan fingerprint density at radius 2 is 1.54 bits per heavy atom. The van der Waals surface area contributed by atoms with Crippen molar-refractivity contribution in [3.05, 3.63) is 82.9 Å². The van der Waals surface area contributed by atoms with Gasteiger partial charge in [0.1, 0.15) is 6.61 Å². The summed E-state index contributed by atoms with van der Waals surface area (Å²) in [6.07, 6.45) is 1.49. The fraction of sp³-hybridized carbons (Fsp3) is 0.192. The van der Waals surface area contributed by atoms with E-state index < -0.39 is 11.9 Å². The highest BCUT2D eigenvalue weighted by Gasteiger charge is 2.11. The van der Waals surface area contributed by atoms with E-state index in [2.05, 4.69) is 10.5 Å². The molecule has 3 aromatic rings. The number of carboxylic acids is 1. The monoisotopic (exact) mass is 478 g/mol. The summed E-state index contributed by atoms with van der Waals surface area (Å²) < 4.78 is 21.9. The maximum Gasteiger partial charge on any atom is 0.335 e. The van der Waals surface area contributed by atoms with Gasteiger partial charge in [-0.2, -0.15) is 5.10 Å². The fourth-order valence-corrected chi connectivity index (χ4v) is 3.10. The van der Waals surface area contributed by atoms with Crippen molar-refractivity contribution in [1.29, 1.82) is 0 Å². The Morgan fingerprint density at radius 1 is 0.857 bits per heavy atom. The Kier molecular flexibility index (Phi) is 8.66. The zero-order valence-corrected chi connectivity index (χ0v) is 19.6. The number of benzene rings is 3. The van der Waals surface area contributed by atoms with Crippen LogP contribution in [0.1, 0.15) is 38.8 Å². The minimum atomic E-state index is -0.980. The SMILES string of the molecule is CCOc1cc(C(=O)N/N=C/c2ccc(OCc3ccc(C(=O)O)cc3)c(OC)c2)ccc1OC. The van der Waals surface area contributed by atoms with Crippen LogP contribution < -0.4 is 24.4 Å². The van der Waals surface area contributed by atoms with Crippen molar-refractivity contribution in [2.24, 2.45) is 5.10 Å². The second-order valence-electron chi connectivity index (χ2n) is 7.20. The summed E-state index contributed by atoms with van der Waals surface area (Å²) in [4.78, 5) is 23.4. The van der Waals surface area contributed by atoms with Gasteiger partial charge in [-0.25, -0.2) is 10.2 Å². The minimum Gasteiger partial charge on any atom is -0.493 e. The molecule has 9 nitrogen and oxygen atoms in total. The number of nitrogens with zero attached hydrogens (tertiary/aromatic N) is 1. The number of carbonyl (C=O) groups is 2. The van der Waals surface area contributed by atoms with Crippen LogP contribution in [0.3, 0.4) is 0 Å². The average Bonchev–Trinajstić information content (AvgIpc) is 2.88. The van der Waals surface area contributed by atoms with Crippen LogP contribution in [0.5, 0.6) is 23.0 Å². The van der Waals surface area contributed by atoms with Crippen molar-refractivity contribution in [2.75, 3.05) is 20.8 Å². The van der Waals surface area contributed by atoms with Gasteiger partial charge < -0.3 is 24.1 Å². The third-order valence-electron chi connectivity index (χ3n) is 4.89. The van der Waals surface area contributed by atoms with E-state index in [4.69, 9.17) is 24.1 Å². The third kappa shape index (κ3) is 6.73. The quantitative estimate of drug-likeness (QED) is 0.314. The molecule has 0 aliphatic carbocycles. The van der Waals surface area contributed by atoms with Gasteiger partial charge >= 0.3 is 5.97 Å². The van der Waals surface area contributed by atoms with Crippen molar-refractivity contribution in [2.45, 2.75) is 13.5 Å². The molecule has 0 spiro atoms. The molecule has 0 radical (unpaired) electrons. The lowest BCUT2D eigenvalue weighted by Crippen LogP contribution is -2.17. The van der Waals surface area contributed by atoms with Gasteiger partial charge in [-0.05, 0) is 66.6 Å². The Bertz CT molecular complexity index is 1210. The van der Waals surface area contributed by atoms with E-state index in [-0.39, 0.29) is 12.2 Å². The highest BCUT2D eigenvalue weighted by atomic mass is 16.5. The first-order valence-electron chi connectivity index (χ1n) is 10.7. The van der Waals surface area contributed by atoms with E-state index >= 15 is 0 Å². The number of hydrazone groups is 1. The highest BCUT2D eigenvalue weighted by molar-refractivity contribution is 5.95. The number of amides is 1. The molecule has 2 N–H and O–H groups in total. The van der Waals surface area contributed by atoms with Crippen molar-refractivity contribution in [3.63, 3.8) is 0 Å². The van der Waals surface area contributed by atoms with E-state index in [1.807, 2.05) is 6.92 Å². The number of hydrogen-bond donors (Lipinski definition) is 2. The molecule has 0 saturated carbocycles. The summed E-state index contributed by atoms with van der Waals surface area (Å²) in [5.74, 6) is 0.637. The van der Waals surface area contributed by atoms with Crippen molar-refractivity contribution in [1.82, 2.24) is 5.43 Å². The molecule has 0 atom stereocenters. The van der Waals surface area contributed by atoms with Gasteiger partial charge in [0, 0.05) is 5.56 Å². The number of hydrogen-bond acceptors (Lipinski definition) is 7. The van der Waals surface area contributed by atoms with E-state index in [1.54, 1.807) is 48.5 Å². The normalized spacial score (nSPS) is 10.6. The van der Waals surface area contributed by atoms with Gasteiger partial charge in [0.2, 0.25) is 0 Å². The molecule has 35 heavy (non-hydrogen) atoms. The third-order valence-corrected chi connectivity index (χ3v) is 4.89. The van der Waals surface area contributed by atoms with Crippen LogP contribution in [0.15, 0.2) is 65.8 Å². The van der Waals surface area contributed by atoms with Crippen molar-refractivity contribution >= 4 is 18.1 Å². The summed E-state index contributed by atoms with van der Waals surface area (Å²) in [6, 6.07) is 16.5. The van der Waals surface area contributed by atoms with Gasteiger partial charge in [-0.1, -0.05) is 12.1 Å². The predicted octanol–water partition coefficient (Wildman–Crippen LogP) is 4.14. The molecule has 0 fully saturated rings. The Balaban J connectivity index is 1.62. The molecule has 0 unspecified atom stereocenters. The first kappa shape index (κ1) is 25.1. The van der Waals surface area contributed by atoms with Crippen LogP contribution in [0.25, 0.3) is 0 Å². The number of ether oxygens (including phenoxy) is 4. The topological polar surface area (TPSA) is 116 Å². The fourth-order valence-electron chi connectivity index (χ4n) is 3.10. The van der Waals surface area contributed by atoms with Crippen LogP contribution in [-0.4, -0.2) is 44.0 Å². The lowest BCUT2D eigenvalue weighted by molar-refractivity contribution is 0.0696. The Labute approximate surface area is 202 Å². The predicted molar refractivity (Wildman–Crippen MR) is 130 cm³/mol. The van der Waals surface area contributed by atoms with Crippen LogP contribution in [-0.2, 0) is 6.61 Å². The molecule has 0 bridgehead atoms. The summed E-state index contributed by atoms with van der Waals surface area (Å²) in [5, 5.41) is 13.0. The number of nitrogens with one attached hydrogen (secondary N) is 1. The molecule has 0 aromatic heterocycles. The Hall–Kier alpha value is -4.53. The smallest absolute Gasteiger partial charge is 0.335 e. The summed E-state index contributed by atoms with van der Waals surface area (Å²) in [7, 11) is 3.05. The van der Waals surface area contributed by atoms with E-state index in [0.29, 0.717) is 40.7 Å². The summed E-state index contributed by atoms with van der Waals surface area (Å²) >= 11 is 0. The number of aromatic carboxylic acids is 1. The largest absolute Gasteiger partial charge is 0.493 e. The number of rotatable bonds is 11. The zero-order chi connectivity index (χ0) is 25.2. The molecule has 0 saturated heterocycles. The molecule has 1 amide bonds. The highest BCUT2D eigenvalue weighted by Crippen LogP contribution is 2.29. The maximum atomic E-state index is 12.4. The molecule has 0 aliphatic heterocycles. The average molecular weight is 479 g/mol. The number of carbonyl (C=O) groups excluding carboxylic acids is 1. The van der Waals surface area contributed by atoms with Crippen LogP contribution >= 0.6 is 0 Å². The van der Waals surface area contributed by atoms with Crippen LogP contribution in [0, 0.1) is 0 Å². The van der Waals surface area contributed by atoms with Crippen molar-refractivity contribution < 1.29 is 33.6 Å². The molecule has 3 aromatic carbocycles. The van der Waals surface area contributed by atoms with Crippen molar-refractivity contribution in [3.8, 4) is 23.0 Å². The van der Waals surface area contributed by atoms with Crippen LogP contribution in [0.2, 0.25) is 0 Å².